The number of fused-ring (bicyclic) bond motifs is 1. The topological polar surface area (TPSA) is 38.5 Å². The van der Waals surface area contributed by atoms with Crippen LogP contribution in [0.2, 0.25) is 0 Å². The lowest BCUT2D eigenvalue weighted by Gasteiger charge is -2.15. The summed E-state index contributed by atoms with van der Waals surface area (Å²) in [6, 6.07) is 0. The highest BCUT2D eigenvalue weighted by Gasteiger charge is 2.36. The minimum Gasteiger partial charge on any atom is -0.381 e. The molecule has 2 N–H and O–H groups in total. The molecule has 0 aromatic carbocycles. The van der Waals surface area contributed by atoms with E-state index in [1.54, 1.807) is 0 Å². The average molecular weight is 170 g/mol. The van der Waals surface area contributed by atoms with Crippen molar-refractivity contribution in [1.82, 2.24) is 4.90 Å². The Bertz CT molecular complexity index is 139. The van der Waals surface area contributed by atoms with Gasteiger partial charge in [0.15, 0.2) is 0 Å². The van der Waals surface area contributed by atoms with Crippen molar-refractivity contribution in [2.45, 2.75) is 6.42 Å². The van der Waals surface area contributed by atoms with Crippen LogP contribution in [0.25, 0.3) is 0 Å². The third-order valence-electron chi connectivity index (χ3n) is 2.99. The molecule has 2 rings (SSSR count). The van der Waals surface area contributed by atoms with Crippen LogP contribution in [0, 0.1) is 11.8 Å². The molecule has 0 saturated carbocycles. The first kappa shape index (κ1) is 8.48. The maximum Gasteiger partial charge on any atom is 0.0510 e. The third kappa shape index (κ3) is 1.63. The van der Waals surface area contributed by atoms with E-state index in [-0.39, 0.29) is 0 Å². The van der Waals surface area contributed by atoms with Crippen LogP contribution >= 0.6 is 0 Å². The molecule has 70 valence electrons. The Balaban J connectivity index is 1.75. The molecule has 0 bridgehead atoms. The summed E-state index contributed by atoms with van der Waals surface area (Å²) in [5.41, 5.74) is 5.47. The predicted molar refractivity (Wildman–Crippen MR) is 47.9 cm³/mol. The smallest absolute Gasteiger partial charge is 0.0510 e. The lowest BCUT2D eigenvalue weighted by Crippen LogP contribution is -2.25. The van der Waals surface area contributed by atoms with E-state index < -0.39 is 0 Å². The van der Waals surface area contributed by atoms with Crippen LogP contribution in [-0.2, 0) is 4.74 Å². The van der Waals surface area contributed by atoms with Gasteiger partial charge in [-0.2, -0.15) is 0 Å². The molecule has 2 atom stereocenters. The van der Waals surface area contributed by atoms with Crippen molar-refractivity contribution in [3.05, 3.63) is 0 Å². The van der Waals surface area contributed by atoms with Crippen LogP contribution < -0.4 is 5.73 Å². The summed E-state index contributed by atoms with van der Waals surface area (Å²) in [7, 11) is 0. The second-order valence-electron chi connectivity index (χ2n) is 3.96. The van der Waals surface area contributed by atoms with Gasteiger partial charge in [0.25, 0.3) is 0 Å². The van der Waals surface area contributed by atoms with E-state index in [9.17, 15) is 0 Å². The predicted octanol–water partition coefficient (Wildman–Crippen LogP) is -0.0866. The molecule has 3 nitrogen and oxygen atoms in total. The Morgan fingerprint density at radius 1 is 1.25 bits per heavy atom. The van der Waals surface area contributed by atoms with Gasteiger partial charge in [0, 0.05) is 24.9 Å². The van der Waals surface area contributed by atoms with Crippen molar-refractivity contribution in [1.29, 1.82) is 0 Å². The molecule has 3 heteroatoms. The van der Waals surface area contributed by atoms with Crippen molar-refractivity contribution in [2.24, 2.45) is 17.6 Å². The van der Waals surface area contributed by atoms with Gasteiger partial charge in [0.1, 0.15) is 0 Å². The highest BCUT2D eigenvalue weighted by atomic mass is 16.5. The largest absolute Gasteiger partial charge is 0.381 e. The summed E-state index contributed by atoms with van der Waals surface area (Å²) in [6.07, 6.45) is 1.14. The van der Waals surface area contributed by atoms with Crippen LogP contribution in [0.5, 0.6) is 0 Å². The molecular formula is C9H18N2O. The molecule has 0 unspecified atom stereocenters. The Morgan fingerprint density at radius 2 is 1.92 bits per heavy atom. The lowest BCUT2D eigenvalue weighted by atomic mass is 10.0. The van der Waals surface area contributed by atoms with Gasteiger partial charge in [-0.3, -0.25) is 0 Å². The Labute approximate surface area is 73.9 Å². The SMILES string of the molecule is NCCCN1C[C@H]2COC[C@@H]2C1. The van der Waals surface area contributed by atoms with Gasteiger partial charge in [-0.1, -0.05) is 0 Å². The monoisotopic (exact) mass is 170 g/mol. The molecule has 2 saturated heterocycles. The van der Waals surface area contributed by atoms with Gasteiger partial charge in [0.2, 0.25) is 0 Å². The number of nitrogens with zero attached hydrogens (tertiary/aromatic N) is 1. The third-order valence-corrected chi connectivity index (χ3v) is 2.99. The first-order valence-corrected chi connectivity index (χ1v) is 4.90. The zero-order chi connectivity index (χ0) is 8.39. The van der Waals surface area contributed by atoms with Gasteiger partial charge < -0.3 is 15.4 Å². The molecule has 0 aromatic rings. The standard InChI is InChI=1S/C9H18N2O/c10-2-1-3-11-4-8-6-12-7-9(8)5-11/h8-9H,1-7,10H2/t8-,9-/m0/s1. The summed E-state index contributed by atoms with van der Waals surface area (Å²) >= 11 is 0. The molecule has 2 heterocycles. The average Bonchev–Trinajstić information content (AvgIpc) is 2.58. The quantitative estimate of drug-likeness (QED) is 0.643. The van der Waals surface area contributed by atoms with Crippen LogP contribution in [0.15, 0.2) is 0 Å². The number of likely N-dealkylation sites (tertiary alicyclic amines) is 1. The minimum atomic E-state index is 0.822. The van der Waals surface area contributed by atoms with Crippen molar-refractivity contribution < 1.29 is 4.74 Å². The van der Waals surface area contributed by atoms with Crippen molar-refractivity contribution in [2.75, 3.05) is 39.4 Å². The molecule has 0 radical (unpaired) electrons. The number of ether oxygens (including phenoxy) is 1. The van der Waals surface area contributed by atoms with E-state index in [1.165, 1.54) is 19.6 Å². The molecule has 2 fully saturated rings. The van der Waals surface area contributed by atoms with E-state index in [2.05, 4.69) is 4.90 Å². The summed E-state index contributed by atoms with van der Waals surface area (Å²) in [5.74, 6) is 1.64. The van der Waals surface area contributed by atoms with Crippen LogP contribution in [0.3, 0.4) is 0 Å². The fourth-order valence-electron chi connectivity index (χ4n) is 2.28. The molecule has 0 spiro atoms. The van der Waals surface area contributed by atoms with E-state index >= 15 is 0 Å². The second-order valence-corrected chi connectivity index (χ2v) is 3.96. The number of hydrogen-bond donors (Lipinski definition) is 1. The maximum atomic E-state index is 5.47. The number of nitrogens with two attached hydrogens (primary N) is 1. The molecule has 12 heavy (non-hydrogen) atoms. The van der Waals surface area contributed by atoms with E-state index in [0.717, 1.165) is 38.0 Å². The summed E-state index contributed by atoms with van der Waals surface area (Å²) < 4.78 is 5.41. The Morgan fingerprint density at radius 3 is 2.50 bits per heavy atom. The Hall–Kier alpha value is -0.120. The fourth-order valence-corrected chi connectivity index (χ4v) is 2.28. The molecular weight excluding hydrogens is 152 g/mol. The van der Waals surface area contributed by atoms with Gasteiger partial charge in [0.05, 0.1) is 13.2 Å². The van der Waals surface area contributed by atoms with Crippen molar-refractivity contribution >= 4 is 0 Å². The lowest BCUT2D eigenvalue weighted by molar-refractivity contribution is 0.154. The minimum absolute atomic E-state index is 0.822. The maximum absolute atomic E-state index is 5.47. The zero-order valence-corrected chi connectivity index (χ0v) is 7.54. The van der Waals surface area contributed by atoms with Crippen LogP contribution in [-0.4, -0.2) is 44.3 Å². The number of rotatable bonds is 3. The Kier molecular flexibility index (Phi) is 2.63. The van der Waals surface area contributed by atoms with E-state index in [1.807, 2.05) is 0 Å². The molecule has 0 amide bonds. The van der Waals surface area contributed by atoms with E-state index in [0.29, 0.717) is 0 Å². The molecule has 0 aromatic heterocycles. The normalized spacial score (nSPS) is 35.8. The molecule has 0 aliphatic carbocycles. The highest BCUT2D eigenvalue weighted by Crippen LogP contribution is 2.28. The zero-order valence-electron chi connectivity index (χ0n) is 7.54. The van der Waals surface area contributed by atoms with Gasteiger partial charge in [-0.15, -0.1) is 0 Å². The van der Waals surface area contributed by atoms with Crippen molar-refractivity contribution in [3.8, 4) is 0 Å². The van der Waals surface area contributed by atoms with Crippen LogP contribution in [0.1, 0.15) is 6.42 Å². The highest BCUT2D eigenvalue weighted by molar-refractivity contribution is 4.87. The van der Waals surface area contributed by atoms with Crippen molar-refractivity contribution in [3.63, 3.8) is 0 Å². The first-order valence-electron chi connectivity index (χ1n) is 4.90. The van der Waals surface area contributed by atoms with Crippen LogP contribution in [0.4, 0.5) is 0 Å². The molecule has 2 aliphatic rings. The fraction of sp³-hybridized carbons (Fsp3) is 1.00. The summed E-state index contributed by atoms with van der Waals surface area (Å²) in [4.78, 5) is 2.53. The summed E-state index contributed by atoms with van der Waals surface area (Å²) in [6.45, 7) is 6.47. The van der Waals surface area contributed by atoms with Gasteiger partial charge >= 0.3 is 0 Å². The van der Waals surface area contributed by atoms with E-state index in [4.69, 9.17) is 10.5 Å². The van der Waals surface area contributed by atoms with Gasteiger partial charge in [-0.05, 0) is 19.5 Å². The second kappa shape index (κ2) is 3.73. The number of hydrogen-bond acceptors (Lipinski definition) is 3. The first-order chi connectivity index (χ1) is 5.90. The molecule has 2 aliphatic heterocycles. The van der Waals surface area contributed by atoms with Gasteiger partial charge in [-0.25, -0.2) is 0 Å². The summed E-state index contributed by atoms with van der Waals surface area (Å²) in [5, 5.41) is 0.